The number of barbiturate groups is 1. The van der Waals surface area contributed by atoms with Crippen LogP contribution in [0.2, 0.25) is 0 Å². The van der Waals surface area contributed by atoms with Crippen LogP contribution in [0.25, 0.3) is 0 Å². The Morgan fingerprint density at radius 3 is 1.55 bits per heavy atom. The van der Waals surface area contributed by atoms with E-state index >= 15 is 0 Å². The van der Waals surface area contributed by atoms with E-state index in [0.29, 0.717) is 0 Å². The maximum atomic E-state index is 12.0. The van der Waals surface area contributed by atoms with Crippen molar-refractivity contribution in [3.63, 3.8) is 0 Å². The minimum atomic E-state index is -1.09. The first-order chi connectivity index (χ1) is 9.25. The van der Waals surface area contributed by atoms with Gasteiger partial charge in [0.15, 0.2) is 0 Å². The Bertz CT molecular complexity index is 667. The maximum absolute atomic E-state index is 12.0. The predicted molar refractivity (Wildman–Crippen MR) is 71.2 cm³/mol. The highest BCUT2D eigenvalue weighted by Crippen LogP contribution is 2.41. The number of hydrogen-bond acceptors (Lipinski definition) is 4. The molecule has 1 fully saturated rings. The van der Waals surface area contributed by atoms with Crippen LogP contribution in [0.5, 0.6) is 0 Å². The van der Waals surface area contributed by atoms with Gasteiger partial charge in [-0.05, 0) is 0 Å². The average Bonchev–Trinajstić information content (AvgIpc) is 2.37. The second kappa shape index (κ2) is 5.21. The molecule has 0 aromatic carbocycles. The molecule has 2 aliphatic rings. The van der Waals surface area contributed by atoms with E-state index in [-0.39, 0.29) is 10.1 Å². The smallest absolute Gasteiger partial charge is 0.287 e. The van der Waals surface area contributed by atoms with Gasteiger partial charge in [0.1, 0.15) is 10.6 Å². The molecule has 0 saturated carbocycles. The van der Waals surface area contributed by atoms with Gasteiger partial charge in [-0.25, -0.2) is 4.79 Å². The number of allylic oxidation sites excluding steroid dienone is 5. The molecule has 2 N–H and O–H groups in total. The Labute approximate surface area is 131 Å². The molecular weight excluding hydrogens is 354 g/mol. The van der Waals surface area contributed by atoms with E-state index < -0.39 is 44.8 Å². The van der Waals surface area contributed by atoms with Gasteiger partial charge in [0, 0.05) is 0 Å². The van der Waals surface area contributed by atoms with Gasteiger partial charge in [-0.15, -0.1) is 0 Å². The number of Topliss-reactive ketones (excluding diaryl/α,β-unsaturated/α-hetero) is 1. The number of halogens is 4. The molecule has 1 aliphatic carbocycles. The van der Waals surface area contributed by atoms with E-state index in [0.717, 1.165) is 0 Å². The van der Waals surface area contributed by atoms with Crippen molar-refractivity contribution in [3.8, 4) is 0 Å². The fourth-order valence-corrected chi connectivity index (χ4v) is 2.46. The molecule has 0 aromatic rings. The largest absolute Gasteiger partial charge is 0.328 e. The lowest BCUT2D eigenvalue weighted by atomic mass is 9.97. The summed E-state index contributed by atoms with van der Waals surface area (Å²) in [5, 5.41) is 2.15. The van der Waals surface area contributed by atoms with Gasteiger partial charge < -0.3 is 0 Å². The Hall–Kier alpha value is -1.34. The Kier molecular flexibility index (Phi) is 3.93. The van der Waals surface area contributed by atoms with Crippen LogP contribution in [-0.4, -0.2) is 23.6 Å². The summed E-state index contributed by atoms with van der Waals surface area (Å²) in [5.74, 6) is -3.12. The van der Waals surface area contributed by atoms with Crippen LogP contribution in [0.4, 0.5) is 4.79 Å². The summed E-state index contributed by atoms with van der Waals surface area (Å²) in [7, 11) is 0. The lowest BCUT2D eigenvalue weighted by Crippen LogP contribution is -2.52. The summed E-state index contributed by atoms with van der Waals surface area (Å²) >= 11 is 23.0. The molecule has 0 radical (unpaired) electrons. The molecule has 0 unspecified atom stereocenters. The number of nitrogens with one attached hydrogen (secondary N) is 2. The van der Waals surface area contributed by atoms with Crippen LogP contribution in [0.15, 0.2) is 31.3 Å². The summed E-state index contributed by atoms with van der Waals surface area (Å²) in [4.78, 5) is 46.3. The second-order valence-corrected chi connectivity index (χ2v) is 5.08. The molecule has 0 aromatic heterocycles. The van der Waals surface area contributed by atoms with Crippen molar-refractivity contribution in [2.75, 3.05) is 0 Å². The fraction of sp³-hybridized carbons (Fsp3) is 0. The van der Waals surface area contributed by atoms with Crippen molar-refractivity contribution in [2.24, 2.45) is 0 Å². The highest BCUT2D eigenvalue weighted by atomic mass is 35.5. The zero-order valence-corrected chi connectivity index (χ0v) is 12.2. The molecule has 10 heteroatoms. The predicted octanol–water partition coefficient (Wildman–Crippen LogP) is 1.61. The fourth-order valence-electron chi connectivity index (χ4n) is 1.53. The van der Waals surface area contributed by atoms with Gasteiger partial charge in [-0.1, -0.05) is 46.4 Å². The van der Waals surface area contributed by atoms with Crippen molar-refractivity contribution >= 4 is 70.0 Å². The van der Waals surface area contributed by atoms with Gasteiger partial charge in [-0.3, -0.25) is 25.0 Å². The zero-order valence-electron chi connectivity index (χ0n) is 9.14. The number of ketones is 1. The number of imide groups is 2. The first-order valence-electron chi connectivity index (χ1n) is 4.82. The van der Waals surface area contributed by atoms with E-state index in [4.69, 9.17) is 46.4 Å². The molecule has 104 valence electrons. The molecule has 1 aliphatic heterocycles. The minimum Gasteiger partial charge on any atom is -0.287 e. The highest BCUT2D eigenvalue weighted by Gasteiger charge is 2.38. The van der Waals surface area contributed by atoms with Gasteiger partial charge in [-0.2, -0.15) is 0 Å². The minimum absolute atomic E-state index is 0.280. The molecule has 4 amide bonds. The summed E-state index contributed by atoms with van der Waals surface area (Å²) in [6.07, 6.45) is 0. The third-order valence-corrected chi connectivity index (χ3v) is 4.17. The lowest BCUT2D eigenvalue weighted by Gasteiger charge is -2.20. The summed E-state index contributed by atoms with van der Waals surface area (Å²) in [6, 6.07) is -1.02. The van der Waals surface area contributed by atoms with E-state index in [1.165, 1.54) is 0 Å². The first-order valence-corrected chi connectivity index (χ1v) is 6.33. The van der Waals surface area contributed by atoms with Crippen molar-refractivity contribution in [1.29, 1.82) is 0 Å². The van der Waals surface area contributed by atoms with Crippen LogP contribution in [0, 0.1) is 0 Å². The number of urea groups is 1. The van der Waals surface area contributed by atoms with Crippen LogP contribution in [0.3, 0.4) is 0 Å². The normalized spacial score (nSPS) is 20.6. The lowest BCUT2D eigenvalue weighted by molar-refractivity contribution is -0.124. The van der Waals surface area contributed by atoms with Crippen molar-refractivity contribution in [3.05, 3.63) is 31.3 Å². The molecule has 0 spiro atoms. The third-order valence-electron chi connectivity index (χ3n) is 2.38. The summed E-state index contributed by atoms with van der Waals surface area (Å²) in [5.41, 5.74) is -1.19. The zero-order chi connectivity index (χ0) is 15.2. The summed E-state index contributed by atoms with van der Waals surface area (Å²) < 4.78 is 0. The average molecular weight is 356 g/mol. The quantitative estimate of drug-likeness (QED) is 0.510. The Balaban J connectivity index is 2.71. The third kappa shape index (κ3) is 2.25. The molecule has 20 heavy (non-hydrogen) atoms. The molecule has 0 atom stereocenters. The monoisotopic (exact) mass is 354 g/mol. The first kappa shape index (κ1) is 15.1. The molecule has 2 rings (SSSR count). The molecule has 1 heterocycles. The van der Waals surface area contributed by atoms with Crippen molar-refractivity contribution in [2.45, 2.75) is 0 Å². The van der Waals surface area contributed by atoms with E-state index in [1.54, 1.807) is 10.6 Å². The highest BCUT2D eigenvalue weighted by molar-refractivity contribution is 6.60. The van der Waals surface area contributed by atoms with E-state index in [2.05, 4.69) is 0 Å². The van der Waals surface area contributed by atoms with Crippen LogP contribution in [-0.2, 0) is 14.4 Å². The number of rotatable bonds is 0. The van der Waals surface area contributed by atoms with Crippen molar-refractivity contribution < 1.29 is 19.2 Å². The Morgan fingerprint density at radius 2 is 1.05 bits per heavy atom. The number of hydrogen-bond donors (Lipinski definition) is 2. The van der Waals surface area contributed by atoms with E-state index in [1.807, 2.05) is 0 Å². The van der Waals surface area contributed by atoms with Crippen LogP contribution < -0.4 is 10.6 Å². The van der Waals surface area contributed by atoms with Gasteiger partial charge in [0.2, 0.25) is 5.78 Å². The SMILES string of the molecule is O=C1NC(=O)C(=C2C(=O)C(Cl)=C(Cl)C(Cl)=C2Cl)C(=O)N1. The standard InChI is InChI=1S/C10H2Cl4N2O4/c11-3-1(7(17)6(14)5(13)4(3)12)2-8(18)15-10(20)16-9(2)19/h(H2,15,16,18,19,20). The second-order valence-electron chi connectivity index (χ2n) is 3.57. The van der Waals surface area contributed by atoms with E-state index in [9.17, 15) is 19.2 Å². The summed E-state index contributed by atoms with van der Waals surface area (Å²) in [6.45, 7) is 0. The van der Waals surface area contributed by atoms with Crippen LogP contribution >= 0.6 is 46.4 Å². The van der Waals surface area contributed by atoms with Gasteiger partial charge in [0.25, 0.3) is 11.8 Å². The molecule has 1 saturated heterocycles. The van der Waals surface area contributed by atoms with Gasteiger partial charge >= 0.3 is 6.03 Å². The van der Waals surface area contributed by atoms with Gasteiger partial charge in [0.05, 0.1) is 20.7 Å². The molecule has 0 bridgehead atoms. The number of amides is 4. The number of carbonyl (C=O) groups excluding carboxylic acids is 4. The van der Waals surface area contributed by atoms with Crippen LogP contribution in [0.1, 0.15) is 0 Å². The topological polar surface area (TPSA) is 92.3 Å². The molecular formula is C10H2Cl4N2O4. The van der Waals surface area contributed by atoms with Crippen molar-refractivity contribution in [1.82, 2.24) is 10.6 Å². The number of carbonyl (C=O) groups is 4. The molecule has 6 nitrogen and oxygen atoms in total. The maximum Gasteiger partial charge on any atom is 0.328 e. The Morgan fingerprint density at radius 1 is 0.600 bits per heavy atom.